The first-order chi connectivity index (χ1) is 9.00. The average Bonchev–Trinajstić information content (AvgIpc) is 2.26. The number of hydrogen-bond acceptors (Lipinski definition) is 2. The van der Waals surface area contributed by atoms with Crippen molar-refractivity contribution in [3.05, 3.63) is 35.4 Å². The van der Waals surface area contributed by atoms with Crippen LogP contribution in [0.2, 0.25) is 39.3 Å². The van der Waals surface area contributed by atoms with Crippen molar-refractivity contribution in [3.63, 3.8) is 0 Å². The summed E-state index contributed by atoms with van der Waals surface area (Å²) in [7, 11) is 2.13. The van der Waals surface area contributed by atoms with Gasteiger partial charge in [-0.1, -0.05) is 63.5 Å². The molecule has 0 N–H and O–H groups in total. The zero-order chi connectivity index (χ0) is 15.6. The Hall–Kier alpha value is -0.426. The maximum Gasteiger partial charge on any atom is 0.119 e. The Bertz CT molecular complexity index is 396. The smallest absolute Gasteiger partial charge is 0.119 e. The highest BCUT2D eigenvalue weighted by Crippen LogP contribution is 2.16. The van der Waals surface area contributed by atoms with E-state index in [1.165, 1.54) is 11.1 Å². The van der Waals surface area contributed by atoms with Gasteiger partial charge in [0, 0.05) is 13.1 Å². The van der Waals surface area contributed by atoms with Crippen LogP contribution in [0.25, 0.3) is 0 Å². The van der Waals surface area contributed by atoms with Crippen LogP contribution in [0.4, 0.5) is 0 Å². The summed E-state index contributed by atoms with van der Waals surface area (Å²) < 4.78 is 5.07. The molecule has 0 aliphatic rings. The van der Waals surface area contributed by atoms with Crippen LogP contribution in [0.5, 0.6) is 0 Å². The molecule has 0 atom stereocenters. The Morgan fingerprint density at radius 2 is 1.10 bits per heavy atom. The van der Waals surface area contributed by atoms with Crippen LogP contribution < -0.4 is 0 Å². The van der Waals surface area contributed by atoms with E-state index in [9.17, 15) is 0 Å². The third-order valence-corrected chi connectivity index (χ3v) is 9.02. The fourth-order valence-electron chi connectivity index (χ4n) is 1.85. The zero-order valence-electron chi connectivity index (χ0n) is 14.6. The third kappa shape index (κ3) is 5.52. The Labute approximate surface area is 128 Å². The molecular formula is C16H32N2Si2. The maximum absolute atomic E-state index is 2.54. The summed E-state index contributed by atoms with van der Waals surface area (Å²) in [6.45, 7) is 16.5. The molecule has 4 heteroatoms. The molecule has 1 aromatic carbocycles. The van der Waals surface area contributed by atoms with Crippen LogP contribution in [0.1, 0.15) is 11.1 Å². The Kier molecular flexibility index (Phi) is 5.78. The van der Waals surface area contributed by atoms with Crippen molar-refractivity contribution < 1.29 is 0 Å². The summed E-state index contributed by atoms with van der Waals surface area (Å²) >= 11 is 0. The Morgan fingerprint density at radius 3 is 1.40 bits per heavy atom. The molecule has 0 aliphatic heterocycles. The molecule has 0 unspecified atom stereocenters. The van der Waals surface area contributed by atoms with Crippen molar-refractivity contribution in [2.24, 2.45) is 0 Å². The average molecular weight is 309 g/mol. The summed E-state index contributed by atoms with van der Waals surface area (Å²) in [5.74, 6) is 0. The van der Waals surface area contributed by atoms with E-state index in [0.717, 1.165) is 13.1 Å². The van der Waals surface area contributed by atoms with E-state index in [1.807, 2.05) is 0 Å². The molecule has 114 valence electrons. The monoisotopic (exact) mass is 308 g/mol. The van der Waals surface area contributed by atoms with E-state index in [4.69, 9.17) is 0 Å². The lowest BCUT2D eigenvalue weighted by Crippen LogP contribution is -2.42. The second-order valence-corrected chi connectivity index (χ2v) is 18.1. The van der Waals surface area contributed by atoms with Crippen LogP contribution in [-0.4, -0.2) is 39.7 Å². The van der Waals surface area contributed by atoms with Crippen molar-refractivity contribution in [3.8, 4) is 0 Å². The lowest BCUT2D eigenvalue weighted by atomic mass is 10.1. The Morgan fingerprint density at radius 1 is 0.750 bits per heavy atom. The summed E-state index contributed by atoms with van der Waals surface area (Å²) in [4.78, 5) is 0. The lowest BCUT2D eigenvalue weighted by Gasteiger charge is -2.31. The van der Waals surface area contributed by atoms with E-state index >= 15 is 0 Å². The molecule has 0 aliphatic carbocycles. The summed E-state index contributed by atoms with van der Waals surface area (Å²) in [6, 6.07) is 9.11. The van der Waals surface area contributed by atoms with E-state index in [-0.39, 0.29) is 0 Å². The summed E-state index contributed by atoms with van der Waals surface area (Å²) in [5, 5.41) is 0. The second kappa shape index (κ2) is 6.56. The van der Waals surface area contributed by atoms with Gasteiger partial charge in [-0.05, 0) is 25.2 Å². The van der Waals surface area contributed by atoms with Crippen molar-refractivity contribution in [2.45, 2.75) is 52.4 Å². The van der Waals surface area contributed by atoms with E-state index in [0.29, 0.717) is 0 Å². The molecule has 0 aromatic heterocycles. The number of hydrogen-bond donors (Lipinski definition) is 0. The lowest BCUT2D eigenvalue weighted by molar-refractivity contribution is 0.496. The van der Waals surface area contributed by atoms with Crippen LogP contribution in [-0.2, 0) is 13.1 Å². The van der Waals surface area contributed by atoms with Gasteiger partial charge in [-0.2, -0.15) is 0 Å². The normalized spacial score (nSPS) is 13.3. The van der Waals surface area contributed by atoms with E-state index in [2.05, 4.69) is 86.8 Å². The molecule has 0 saturated carbocycles. The highest BCUT2D eigenvalue weighted by molar-refractivity contribution is 6.73. The van der Waals surface area contributed by atoms with Crippen molar-refractivity contribution >= 4 is 16.5 Å². The van der Waals surface area contributed by atoms with E-state index < -0.39 is 16.5 Å². The minimum atomic E-state index is -1.19. The molecule has 0 saturated heterocycles. The van der Waals surface area contributed by atoms with Crippen LogP contribution in [0.15, 0.2) is 24.3 Å². The SMILES string of the molecule is CN(Cc1cccc(CN(C)[Si](C)(C)C)c1)[Si](C)(C)C. The molecule has 0 bridgehead atoms. The summed E-state index contributed by atoms with van der Waals surface area (Å²) in [5.41, 5.74) is 2.88. The van der Waals surface area contributed by atoms with Gasteiger partial charge in [0.2, 0.25) is 0 Å². The molecule has 20 heavy (non-hydrogen) atoms. The molecule has 1 aromatic rings. The van der Waals surface area contributed by atoms with Gasteiger partial charge in [-0.15, -0.1) is 0 Å². The topological polar surface area (TPSA) is 6.48 Å². The minimum absolute atomic E-state index is 1.07. The fraction of sp³-hybridized carbons (Fsp3) is 0.625. The molecular weight excluding hydrogens is 276 g/mol. The van der Waals surface area contributed by atoms with Gasteiger partial charge in [0.05, 0.1) is 0 Å². The van der Waals surface area contributed by atoms with Crippen LogP contribution in [0, 0.1) is 0 Å². The quantitative estimate of drug-likeness (QED) is 0.726. The second-order valence-electron chi connectivity index (χ2n) is 7.87. The Balaban J connectivity index is 2.76. The van der Waals surface area contributed by atoms with Crippen molar-refractivity contribution in [2.75, 3.05) is 14.1 Å². The van der Waals surface area contributed by atoms with Gasteiger partial charge >= 0.3 is 0 Å². The maximum atomic E-state index is 2.54. The summed E-state index contributed by atoms with van der Waals surface area (Å²) in [6.07, 6.45) is 0. The predicted octanol–water partition coefficient (Wildman–Crippen LogP) is 4.22. The van der Waals surface area contributed by atoms with Crippen LogP contribution >= 0.6 is 0 Å². The zero-order valence-corrected chi connectivity index (χ0v) is 16.6. The highest BCUT2D eigenvalue weighted by Gasteiger charge is 2.21. The van der Waals surface area contributed by atoms with Crippen molar-refractivity contribution in [1.82, 2.24) is 9.13 Å². The first-order valence-electron chi connectivity index (χ1n) is 7.50. The fourth-order valence-corrected chi connectivity index (χ4v) is 3.16. The standard InChI is InChI=1S/C16H32N2Si2/c1-17(19(3,4)5)13-15-10-9-11-16(12-15)14-18(2)20(6,7)8/h9-12H,13-14H2,1-8H3. The largest absolute Gasteiger partial charge is 0.323 e. The van der Waals surface area contributed by atoms with Gasteiger partial charge in [-0.25, -0.2) is 0 Å². The first-order valence-corrected chi connectivity index (χ1v) is 14.4. The van der Waals surface area contributed by atoms with Gasteiger partial charge in [0.25, 0.3) is 0 Å². The van der Waals surface area contributed by atoms with Crippen molar-refractivity contribution in [1.29, 1.82) is 0 Å². The molecule has 2 nitrogen and oxygen atoms in total. The third-order valence-electron chi connectivity index (χ3n) is 4.12. The van der Waals surface area contributed by atoms with Gasteiger partial charge in [0.1, 0.15) is 16.5 Å². The number of nitrogens with zero attached hydrogens (tertiary/aromatic N) is 2. The van der Waals surface area contributed by atoms with Gasteiger partial charge in [0.15, 0.2) is 0 Å². The van der Waals surface area contributed by atoms with Gasteiger partial charge in [-0.3, -0.25) is 0 Å². The molecule has 0 heterocycles. The van der Waals surface area contributed by atoms with E-state index in [1.54, 1.807) is 0 Å². The predicted molar refractivity (Wildman–Crippen MR) is 96.1 cm³/mol. The minimum Gasteiger partial charge on any atom is -0.323 e. The molecule has 0 fully saturated rings. The van der Waals surface area contributed by atoms with Crippen LogP contribution in [0.3, 0.4) is 0 Å². The number of rotatable bonds is 6. The highest BCUT2D eigenvalue weighted by atomic mass is 28.3. The molecule has 0 radical (unpaired) electrons. The van der Waals surface area contributed by atoms with Gasteiger partial charge < -0.3 is 9.13 Å². The first kappa shape index (κ1) is 17.6. The molecule has 0 spiro atoms. The number of benzene rings is 1. The molecule has 1 rings (SSSR count). The molecule has 0 amide bonds.